The number of carbonyl (C=O) groups is 2. The molecule has 0 aliphatic carbocycles. The largest absolute Gasteiger partial charge is 0.481 e. The quantitative estimate of drug-likeness (QED) is 0.747. The van der Waals surface area contributed by atoms with Crippen molar-refractivity contribution in [2.24, 2.45) is 11.3 Å². The predicted molar refractivity (Wildman–Crippen MR) is 78.5 cm³/mol. The zero-order valence-corrected chi connectivity index (χ0v) is 13.1. The molecule has 20 heavy (non-hydrogen) atoms. The molecule has 116 valence electrons. The molecule has 0 radical (unpaired) electrons. The summed E-state index contributed by atoms with van der Waals surface area (Å²) in [6.45, 7) is 10.3. The fraction of sp³-hybridized carbons (Fsp3) is 0.867. The van der Waals surface area contributed by atoms with E-state index < -0.39 is 11.4 Å². The molecule has 1 amide bonds. The summed E-state index contributed by atoms with van der Waals surface area (Å²) in [4.78, 5) is 25.4. The Bertz CT molecular complexity index is 347. The van der Waals surface area contributed by atoms with Gasteiger partial charge < -0.3 is 10.4 Å². The van der Waals surface area contributed by atoms with Crippen LogP contribution in [-0.2, 0) is 9.59 Å². The van der Waals surface area contributed by atoms with Crippen LogP contribution in [0.15, 0.2) is 0 Å². The van der Waals surface area contributed by atoms with Crippen molar-refractivity contribution in [2.75, 3.05) is 19.6 Å². The van der Waals surface area contributed by atoms with Crippen LogP contribution in [0.2, 0.25) is 0 Å². The van der Waals surface area contributed by atoms with Gasteiger partial charge in [0.2, 0.25) is 5.91 Å². The second-order valence-electron chi connectivity index (χ2n) is 6.72. The highest BCUT2D eigenvalue weighted by Gasteiger charge is 2.31. The van der Waals surface area contributed by atoms with Gasteiger partial charge in [-0.25, -0.2) is 0 Å². The molecule has 0 saturated carbocycles. The Hall–Kier alpha value is -1.10. The maximum atomic E-state index is 11.9. The summed E-state index contributed by atoms with van der Waals surface area (Å²) in [7, 11) is 0. The highest BCUT2D eigenvalue weighted by atomic mass is 16.4. The van der Waals surface area contributed by atoms with Crippen molar-refractivity contribution in [1.82, 2.24) is 10.2 Å². The lowest BCUT2D eigenvalue weighted by atomic mass is 9.89. The lowest BCUT2D eigenvalue weighted by Crippen LogP contribution is -2.46. The molecule has 1 unspecified atom stereocenters. The number of rotatable bonds is 7. The van der Waals surface area contributed by atoms with Crippen LogP contribution in [0.1, 0.15) is 47.0 Å². The van der Waals surface area contributed by atoms with Gasteiger partial charge in [-0.2, -0.15) is 0 Å². The molecule has 2 N–H and O–H groups in total. The van der Waals surface area contributed by atoms with E-state index >= 15 is 0 Å². The zero-order valence-electron chi connectivity index (χ0n) is 13.1. The molecule has 1 saturated heterocycles. The van der Waals surface area contributed by atoms with E-state index in [1.165, 1.54) is 12.8 Å². The van der Waals surface area contributed by atoms with Crippen molar-refractivity contribution < 1.29 is 14.7 Å². The first-order chi connectivity index (χ1) is 9.24. The van der Waals surface area contributed by atoms with E-state index in [9.17, 15) is 9.59 Å². The minimum absolute atomic E-state index is 0.0210. The first-order valence-corrected chi connectivity index (χ1v) is 7.48. The van der Waals surface area contributed by atoms with Gasteiger partial charge in [0.25, 0.3) is 0 Å². The summed E-state index contributed by atoms with van der Waals surface area (Å²) in [5, 5.41) is 11.9. The summed E-state index contributed by atoms with van der Waals surface area (Å²) < 4.78 is 0. The van der Waals surface area contributed by atoms with Crippen molar-refractivity contribution in [3.8, 4) is 0 Å². The van der Waals surface area contributed by atoms with Gasteiger partial charge in [0.05, 0.1) is 5.41 Å². The second-order valence-corrected chi connectivity index (χ2v) is 6.72. The van der Waals surface area contributed by atoms with E-state index in [1.807, 2.05) is 0 Å². The molecule has 0 aromatic rings. The van der Waals surface area contributed by atoms with Crippen LogP contribution in [-0.4, -0.2) is 47.6 Å². The molecule has 1 atom stereocenters. The number of aliphatic carboxylic acids is 1. The number of nitrogens with one attached hydrogen (secondary N) is 1. The Kier molecular flexibility index (Phi) is 5.99. The Morgan fingerprint density at radius 1 is 1.25 bits per heavy atom. The van der Waals surface area contributed by atoms with E-state index in [1.54, 1.807) is 13.8 Å². The van der Waals surface area contributed by atoms with E-state index in [0.717, 1.165) is 13.1 Å². The molecule has 5 nitrogen and oxygen atoms in total. The third-order valence-corrected chi connectivity index (χ3v) is 4.07. The number of carbonyl (C=O) groups excluding carboxylic acids is 1. The summed E-state index contributed by atoms with van der Waals surface area (Å²) in [6, 6.07) is 0.342. The van der Waals surface area contributed by atoms with E-state index in [0.29, 0.717) is 18.5 Å². The molecular weight excluding hydrogens is 256 g/mol. The van der Waals surface area contributed by atoms with Gasteiger partial charge in [-0.05, 0) is 45.7 Å². The molecule has 0 spiro atoms. The van der Waals surface area contributed by atoms with Crippen LogP contribution in [0.3, 0.4) is 0 Å². The monoisotopic (exact) mass is 284 g/mol. The molecule has 1 heterocycles. The number of carboxylic acids is 1. The molecule has 0 aromatic carbocycles. The SMILES string of the molecule is CC(C)C(CNC(=O)CC(C)(C)C(=O)O)N1CCCC1. The summed E-state index contributed by atoms with van der Waals surface area (Å²) >= 11 is 0. The predicted octanol–water partition coefficient (Wildman–Crippen LogP) is 1.72. The molecule has 0 bridgehead atoms. The number of carboxylic acid groups (broad SMARTS) is 1. The molecule has 1 rings (SSSR count). The van der Waals surface area contributed by atoms with Gasteiger partial charge in [-0.1, -0.05) is 13.8 Å². The molecular formula is C15H28N2O3. The average Bonchev–Trinajstić information content (AvgIpc) is 2.81. The van der Waals surface area contributed by atoms with Crippen molar-refractivity contribution >= 4 is 11.9 Å². The molecule has 5 heteroatoms. The summed E-state index contributed by atoms with van der Waals surface area (Å²) in [6.07, 6.45) is 2.47. The second kappa shape index (κ2) is 7.07. The third kappa shape index (κ3) is 4.78. The van der Waals surface area contributed by atoms with Gasteiger partial charge >= 0.3 is 5.97 Å². The number of nitrogens with zero attached hydrogens (tertiary/aromatic N) is 1. The number of hydrogen-bond acceptors (Lipinski definition) is 3. The smallest absolute Gasteiger partial charge is 0.309 e. The van der Waals surface area contributed by atoms with Crippen LogP contribution >= 0.6 is 0 Å². The number of amides is 1. The lowest BCUT2D eigenvalue weighted by molar-refractivity contribution is -0.149. The maximum absolute atomic E-state index is 11.9. The zero-order chi connectivity index (χ0) is 15.3. The van der Waals surface area contributed by atoms with Crippen molar-refractivity contribution in [2.45, 2.75) is 53.0 Å². The van der Waals surface area contributed by atoms with Crippen LogP contribution in [0.5, 0.6) is 0 Å². The molecule has 0 aromatic heterocycles. The highest BCUT2D eigenvalue weighted by molar-refractivity contribution is 5.84. The Labute approximate surface area is 121 Å². The first kappa shape index (κ1) is 17.0. The van der Waals surface area contributed by atoms with Gasteiger partial charge in [-0.3, -0.25) is 14.5 Å². The minimum Gasteiger partial charge on any atom is -0.481 e. The van der Waals surface area contributed by atoms with Crippen molar-refractivity contribution in [1.29, 1.82) is 0 Å². The van der Waals surface area contributed by atoms with Crippen LogP contribution in [0, 0.1) is 11.3 Å². The van der Waals surface area contributed by atoms with E-state index in [-0.39, 0.29) is 12.3 Å². The van der Waals surface area contributed by atoms with Crippen LogP contribution < -0.4 is 5.32 Å². The average molecular weight is 284 g/mol. The highest BCUT2D eigenvalue weighted by Crippen LogP contribution is 2.21. The van der Waals surface area contributed by atoms with Crippen molar-refractivity contribution in [3.63, 3.8) is 0 Å². The maximum Gasteiger partial charge on any atom is 0.309 e. The topological polar surface area (TPSA) is 69.6 Å². The Morgan fingerprint density at radius 3 is 2.25 bits per heavy atom. The van der Waals surface area contributed by atoms with E-state index in [4.69, 9.17) is 5.11 Å². The van der Waals surface area contributed by atoms with Gasteiger partial charge in [0, 0.05) is 19.0 Å². The standard InChI is InChI=1S/C15H28N2O3/c1-11(2)12(17-7-5-6-8-17)10-16-13(18)9-15(3,4)14(19)20/h11-12H,5-10H2,1-4H3,(H,16,18)(H,19,20). The third-order valence-electron chi connectivity index (χ3n) is 4.07. The van der Waals surface area contributed by atoms with Gasteiger partial charge in [0.15, 0.2) is 0 Å². The van der Waals surface area contributed by atoms with Gasteiger partial charge in [0.1, 0.15) is 0 Å². The molecule has 1 aliphatic rings. The van der Waals surface area contributed by atoms with Crippen LogP contribution in [0.25, 0.3) is 0 Å². The summed E-state index contributed by atoms with van der Waals surface area (Å²) in [5.74, 6) is -0.643. The fourth-order valence-corrected chi connectivity index (χ4v) is 2.62. The Morgan fingerprint density at radius 2 is 1.80 bits per heavy atom. The lowest BCUT2D eigenvalue weighted by Gasteiger charge is -2.31. The van der Waals surface area contributed by atoms with E-state index in [2.05, 4.69) is 24.1 Å². The number of hydrogen-bond donors (Lipinski definition) is 2. The van der Waals surface area contributed by atoms with Crippen molar-refractivity contribution in [3.05, 3.63) is 0 Å². The van der Waals surface area contributed by atoms with Crippen LogP contribution in [0.4, 0.5) is 0 Å². The summed E-state index contributed by atoms with van der Waals surface area (Å²) in [5.41, 5.74) is -1.01. The van der Waals surface area contributed by atoms with Gasteiger partial charge in [-0.15, -0.1) is 0 Å². The first-order valence-electron chi connectivity index (χ1n) is 7.48. The number of likely N-dealkylation sites (tertiary alicyclic amines) is 1. The molecule has 1 fully saturated rings. The normalized spacial score (nSPS) is 18.2. The molecule has 1 aliphatic heterocycles. The Balaban J connectivity index is 2.47. The minimum atomic E-state index is -1.01. The fourth-order valence-electron chi connectivity index (χ4n) is 2.62.